The van der Waals surface area contributed by atoms with Gasteiger partial charge in [0.15, 0.2) is 5.82 Å². The molecule has 2 aromatic carbocycles. The predicted octanol–water partition coefficient (Wildman–Crippen LogP) is 4.99. The summed E-state index contributed by atoms with van der Waals surface area (Å²) in [6, 6.07) is 19.3. The van der Waals surface area contributed by atoms with Crippen molar-refractivity contribution in [2.75, 3.05) is 13.1 Å². The number of hydrogen-bond donors (Lipinski definition) is 0. The fraction of sp³-hybridized carbons (Fsp3) is 0.364. The lowest BCUT2D eigenvalue weighted by Crippen LogP contribution is -2.38. The molecular weight excluding hydrogens is 322 g/mol. The molecule has 0 N–H and O–H groups in total. The summed E-state index contributed by atoms with van der Waals surface area (Å²) < 4.78 is 5.55. The first-order chi connectivity index (χ1) is 12.7. The maximum atomic E-state index is 5.55. The highest BCUT2D eigenvalue weighted by atomic mass is 16.5. The van der Waals surface area contributed by atoms with Crippen LogP contribution in [-0.2, 0) is 0 Å². The fourth-order valence-electron chi connectivity index (χ4n) is 3.63. The van der Waals surface area contributed by atoms with Crippen molar-refractivity contribution in [1.29, 1.82) is 0 Å². The number of aromatic nitrogens is 2. The average Bonchev–Trinajstić information content (AvgIpc) is 3.19. The Balaban J connectivity index is 1.47. The van der Waals surface area contributed by atoms with E-state index in [2.05, 4.69) is 77.4 Å². The third-order valence-electron chi connectivity index (χ3n) is 5.31. The van der Waals surface area contributed by atoms with Crippen LogP contribution in [0.15, 0.2) is 59.1 Å². The average molecular weight is 347 g/mol. The normalized spacial score (nSPS) is 16.3. The van der Waals surface area contributed by atoms with E-state index in [-0.39, 0.29) is 0 Å². The molecule has 4 nitrogen and oxygen atoms in total. The zero-order valence-electron chi connectivity index (χ0n) is 15.4. The highest BCUT2D eigenvalue weighted by Crippen LogP contribution is 2.29. The molecule has 0 bridgehead atoms. The van der Waals surface area contributed by atoms with Crippen LogP contribution < -0.4 is 0 Å². The van der Waals surface area contributed by atoms with E-state index in [9.17, 15) is 0 Å². The van der Waals surface area contributed by atoms with E-state index in [4.69, 9.17) is 4.52 Å². The van der Waals surface area contributed by atoms with E-state index in [1.165, 1.54) is 11.1 Å². The Morgan fingerprint density at radius 1 is 0.885 bits per heavy atom. The first-order valence-corrected chi connectivity index (χ1v) is 9.44. The molecule has 0 spiro atoms. The van der Waals surface area contributed by atoms with Gasteiger partial charge in [-0.3, -0.25) is 0 Å². The molecule has 0 aliphatic carbocycles. The molecule has 4 rings (SSSR count). The molecule has 0 atom stereocenters. The van der Waals surface area contributed by atoms with Gasteiger partial charge in [-0.05, 0) is 63.0 Å². The van der Waals surface area contributed by atoms with E-state index in [1.54, 1.807) is 0 Å². The Kier molecular flexibility index (Phi) is 4.85. The molecule has 2 heterocycles. The van der Waals surface area contributed by atoms with Gasteiger partial charge in [0, 0.05) is 17.5 Å². The van der Waals surface area contributed by atoms with Gasteiger partial charge in [-0.1, -0.05) is 47.6 Å². The van der Waals surface area contributed by atoms with Gasteiger partial charge in [0.25, 0.3) is 5.89 Å². The topological polar surface area (TPSA) is 42.2 Å². The minimum Gasteiger partial charge on any atom is -0.334 e. The molecule has 4 heteroatoms. The van der Waals surface area contributed by atoms with Crippen molar-refractivity contribution < 1.29 is 4.52 Å². The standard InChI is InChI=1S/C22H25N3O/c1-16(2)25-14-12-19(13-15-25)21-23-22(26-24-21)20-10-8-18(9-11-20)17-6-4-3-5-7-17/h3-11,16,19H,12-15H2,1-2H3. The highest BCUT2D eigenvalue weighted by molar-refractivity contribution is 5.67. The van der Waals surface area contributed by atoms with Crippen LogP contribution >= 0.6 is 0 Å². The quantitative estimate of drug-likeness (QED) is 0.667. The Morgan fingerprint density at radius 2 is 1.50 bits per heavy atom. The summed E-state index contributed by atoms with van der Waals surface area (Å²) in [6.07, 6.45) is 2.20. The van der Waals surface area contributed by atoms with Crippen molar-refractivity contribution in [1.82, 2.24) is 15.0 Å². The monoisotopic (exact) mass is 347 g/mol. The van der Waals surface area contributed by atoms with Crippen LogP contribution in [0.1, 0.15) is 38.4 Å². The summed E-state index contributed by atoms with van der Waals surface area (Å²) in [7, 11) is 0. The van der Waals surface area contributed by atoms with Crippen LogP contribution in [-0.4, -0.2) is 34.2 Å². The molecular formula is C22H25N3O. The summed E-state index contributed by atoms with van der Waals surface area (Å²) in [4.78, 5) is 7.19. The van der Waals surface area contributed by atoms with Gasteiger partial charge in [-0.15, -0.1) is 0 Å². The fourth-order valence-corrected chi connectivity index (χ4v) is 3.63. The Hall–Kier alpha value is -2.46. The first-order valence-electron chi connectivity index (χ1n) is 9.44. The van der Waals surface area contributed by atoms with Gasteiger partial charge in [-0.25, -0.2) is 0 Å². The Morgan fingerprint density at radius 3 is 2.15 bits per heavy atom. The lowest BCUT2D eigenvalue weighted by molar-refractivity contribution is 0.168. The molecule has 0 unspecified atom stereocenters. The molecule has 0 saturated carbocycles. The van der Waals surface area contributed by atoms with Crippen molar-refractivity contribution in [3.05, 3.63) is 60.4 Å². The van der Waals surface area contributed by atoms with Crippen molar-refractivity contribution in [3.8, 4) is 22.6 Å². The van der Waals surface area contributed by atoms with Crippen LogP contribution in [0, 0.1) is 0 Å². The molecule has 1 aliphatic rings. The third-order valence-corrected chi connectivity index (χ3v) is 5.31. The summed E-state index contributed by atoms with van der Waals surface area (Å²) in [6.45, 7) is 6.73. The number of hydrogen-bond acceptors (Lipinski definition) is 4. The van der Waals surface area contributed by atoms with Crippen molar-refractivity contribution >= 4 is 0 Å². The van der Waals surface area contributed by atoms with E-state index in [1.807, 2.05) is 6.07 Å². The number of rotatable bonds is 4. The summed E-state index contributed by atoms with van der Waals surface area (Å²) in [5.41, 5.74) is 3.38. The second kappa shape index (κ2) is 7.42. The molecule has 0 radical (unpaired) electrons. The molecule has 0 amide bonds. The zero-order chi connectivity index (χ0) is 17.9. The van der Waals surface area contributed by atoms with E-state index >= 15 is 0 Å². The van der Waals surface area contributed by atoms with Crippen molar-refractivity contribution in [2.24, 2.45) is 0 Å². The number of likely N-dealkylation sites (tertiary alicyclic amines) is 1. The van der Waals surface area contributed by atoms with Crippen molar-refractivity contribution in [2.45, 2.75) is 38.6 Å². The summed E-state index contributed by atoms with van der Waals surface area (Å²) in [5, 5.41) is 4.26. The maximum absolute atomic E-state index is 5.55. The van der Waals surface area contributed by atoms with E-state index in [0.29, 0.717) is 17.9 Å². The van der Waals surface area contributed by atoms with Crippen LogP contribution in [0.25, 0.3) is 22.6 Å². The van der Waals surface area contributed by atoms with Gasteiger partial charge in [0.2, 0.25) is 0 Å². The van der Waals surface area contributed by atoms with E-state index < -0.39 is 0 Å². The highest BCUT2D eigenvalue weighted by Gasteiger charge is 2.25. The number of benzene rings is 2. The number of nitrogens with zero attached hydrogens (tertiary/aromatic N) is 3. The minimum absolute atomic E-state index is 0.408. The van der Waals surface area contributed by atoms with Gasteiger partial charge in [0.05, 0.1) is 0 Å². The van der Waals surface area contributed by atoms with Crippen molar-refractivity contribution in [3.63, 3.8) is 0 Å². The van der Waals surface area contributed by atoms with E-state index in [0.717, 1.165) is 37.3 Å². The molecule has 26 heavy (non-hydrogen) atoms. The van der Waals surface area contributed by atoms with Gasteiger partial charge in [-0.2, -0.15) is 4.98 Å². The zero-order valence-corrected chi connectivity index (χ0v) is 15.4. The summed E-state index contributed by atoms with van der Waals surface area (Å²) >= 11 is 0. The lowest BCUT2D eigenvalue weighted by atomic mass is 9.95. The Bertz CT molecular complexity index is 831. The molecule has 1 fully saturated rings. The van der Waals surface area contributed by atoms with Gasteiger partial charge < -0.3 is 9.42 Å². The van der Waals surface area contributed by atoms with Crippen LogP contribution in [0.4, 0.5) is 0 Å². The second-order valence-electron chi connectivity index (χ2n) is 7.31. The molecule has 1 aromatic heterocycles. The minimum atomic E-state index is 0.408. The van der Waals surface area contributed by atoms with Crippen LogP contribution in [0.2, 0.25) is 0 Å². The van der Waals surface area contributed by atoms with Crippen LogP contribution in [0.3, 0.4) is 0 Å². The lowest BCUT2D eigenvalue weighted by Gasteiger charge is -2.33. The van der Waals surface area contributed by atoms with Crippen LogP contribution in [0.5, 0.6) is 0 Å². The van der Waals surface area contributed by atoms with Gasteiger partial charge >= 0.3 is 0 Å². The molecule has 1 aliphatic heterocycles. The van der Waals surface area contributed by atoms with Gasteiger partial charge in [0.1, 0.15) is 0 Å². The Labute approximate surface area is 154 Å². The third kappa shape index (κ3) is 3.56. The largest absolute Gasteiger partial charge is 0.334 e. The predicted molar refractivity (Wildman–Crippen MR) is 104 cm³/mol. The summed E-state index contributed by atoms with van der Waals surface area (Å²) in [5.74, 6) is 1.88. The smallest absolute Gasteiger partial charge is 0.257 e. The second-order valence-corrected chi connectivity index (χ2v) is 7.31. The maximum Gasteiger partial charge on any atom is 0.257 e. The number of piperidine rings is 1. The molecule has 134 valence electrons. The molecule has 1 saturated heterocycles. The first kappa shape index (κ1) is 17.0. The molecule has 3 aromatic rings. The SMILES string of the molecule is CC(C)N1CCC(c2noc(-c3ccc(-c4ccccc4)cc3)n2)CC1.